The number of fused-ring (bicyclic) bond motifs is 2. The van der Waals surface area contributed by atoms with Crippen LogP contribution in [-0.4, -0.2) is 63.3 Å². The third-order valence-corrected chi connectivity index (χ3v) is 5.57. The Hall–Kier alpha value is -1.30. The molecule has 0 aromatic carbocycles. The van der Waals surface area contributed by atoms with Crippen molar-refractivity contribution in [2.75, 3.05) is 13.1 Å². The number of hydrogen-bond donors (Lipinski definition) is 2. The molecule has 4 unspecified atom stereocenters. The van der Waals surface area contributed by atoms with Crippen LogP contribution in [0.25, 0.3) is 0 Å². The molecule has 3 aliphatic heterocycles. The van der Waals surface area contributed by atoms with E-state index in [4.69, 9.17) is 0 Å². The number of rotatable bonds is 2. The van der Waals surface area contributed by atoms with Gasteiger partial charge < -0.3 is 20.0 Å². The predicted molar refractivity (Wildman–Crippen MR) is 75.8 cm³/mol. The molecule has 0 aromatic heterocycles. The van der Waals surface area contributed by atoms with Gasteiger partial charge in [0.15, 0.2) is 0 Å². The molecule has 3 rings (SSSR count). The molecule has 0 aliphatic carbocycles. The van der Waals surface area contributed by atoms with Crippen LogP contribution in [0, 0.1) is 11.8 Å². The minimum Gasteiger partial charge on any atom is -0.481 e. The fraction of sp³-hybridized carbons (Fsp3) is 0.867. The molecule has 2 bridgehead atoms. The highest BCUT2D eigenvalue weighted by Gasteiger charge is 2.52. The van der Waals surface area contributed by atoms with Gasteiger partial charge in [0.2, 0.25) is 0 Å². The van der Waals surface area contributed by atoms with Crippen LogP contribution in [0.2, 0.25) is 0 Å². The Balaban J connectivity index is 1.63. The average Bonchev–Trinajstić information content (AvgIpc) is 3.04. The Labute approximate surface area is 124 Å². The summed E-state index contributed by atoms with van der Waals surface area (Å²) in [6, 6.07) is 0.00266. The van der Waals surface area contributed by atoms with Crippen LogP contribution in [0.3, 0.4) is 0 Å². The highest BCUT2D eigenvalue weighted by Crippen LogP contribution is 2.42. The molecule has 3 heterocycles. The number of hydrogen-bond acceptors (Lipinski definition) is 3. The maximum absolute atomic E-state index is 12.7. The second-order valence-electron chi connectivity index (χ2n) is 6.73. The van der Waals surface area contributed by atoms with Gasteiger partial charge in [-0.15, -0.1) is 0 Å². The zero-order valence-electron chi connectivity index (χ0n) is 12.4. The molecular weight excluding hydrogens is 272 g/mol. The lowest BCUT2D eigenvalue weighted by atomic mass is 9.89. The van der Waals surface area contributed by atoms with Crippen LogP contribution in [0.15, 0.2) is 0 Å². The average molecular weight is 296 g/mol. The second kappa shape index (κ2) is 5.48. The summed E-state index contributed by atoms with van der Waals surface area (Å²) < 4.78 is 0. The first-order valence-corrected chi connectivity index (χ1v) is 7.97. The van der Waals surface area contributed by atoms with E-state index < -0.39 is 5.97 Å². The number of carbonyl (C=O) groups excluding carboxylic acids is 1. The number of nitrogens with zero attached hydrogens (tertiary/aromatic N) is 2. The van der Waals surface area contributed by atoms with Gasteiger partial charge in [-0.25, -0.2) is 4.79 Å². The number of carboxylic acid groups (broad SMARTS) is 1. The SMILES string of the molecule is CC(O)C1CCN(C(=O)N2C3CCC2C(C(=O)O)C3)CC1. The quantitative estimate of drug-likeness (QED) is 0.800. The molecule has 6 heteroatoms. The van der Waals surface area contributed by atoms with Crippen molar-refractivity contribution in [2.45, 2.75) is 57.2 Å². The molecule has 0 spiro atoms. The van der Waals surface area contributed by atoms with E-state index in [0.717, 1.165) is 25.7 Å². The smallest absolute Gasteiger partial charge is 0.320 e. The number of amides is 2. The molecule has 3 aliphatic rings. The zero-order chi connectivity index (χ0) is 15.1. The molecular formula is C15H24N2O4. The maximum atomic E-state index is 12.7. The van der Waals surface area contributed by atoms with Gasteiger partial charge in [-0.1, -0.05) is 0 Å². The van der Waals surface area contributed by atoms with Crippen LogP contribution in [0.1, 0.15) is 39.0 Å². The van der Waals surface area contributed by atoms with E-state index in [1.807, 2.05) is 9.80 Å². The third-order valence-electron chi connectivity index (χ3n) is 5.57. The van der Waals surface area contributed by atoms with Gasteiger partial charge in [0, 0.05) is 25.2 Å². The Kier molecular flexibility index (Phi) is 3.82. The van der Waals surface area contributed by atoms with Gasteiger partial charge in [-0.05, 0) is 44.9 Å². The Morgan fingerprint density at radius 3 is 2.33 bits per heavy atom. The summed E-state index contributed by atoms with van der Waals surface area (Å²) in [6.45, 7) is 3.14. The van der Waals surface area contributed by atoms with Crippen LogP contribution in [0.5, 0.6) is 0 Å². The van der Waals surface area contributed by atoms with Crippen LogP contribution < -0.4 is 0 Å². The molecule has 3 saturated heterocycles. The van der Waals surface area contributed by atoms with E-state index in [1.165, 1.54) is 0 Å². The largest absolute Gasteiger partial charge is 0.481 e. The van der Waals surface area contributed by atoms with E-state index in [1.54, 1.807) is 6.92 Å². The fourth-order valence-electron chi connectivity index (χ4n) is 4.29. The van der Waals surface area contributed by atoms with Crippen molar-refractivity contribution >= 4 is 12.0 Å². The number of aliphatic carboxylic acids is 1. The van der Waals surface area contributed by atoms with Crippen molar-refractivity contribution in [3.63, 3.8) is 0 Å². The lowest BCUT2D eigenvalue weighted by Gasteiger charge is -2.37. The first-order chi connectivity index (χ1) is 9.99. The van der Waals surface area contributed by atoms with Crippen molar-refractivity contribution in [2.24, 2.45) is 11.8 Å². The molecule has 2 amide bonds. The van der Waals surface area contributed by atoms with E-state index in [2.05, 4.69) is 0 Å². The van der Waals surface area contributed by atoms with Crippen molar-refractivity contribution in [3.05, 3.63) is 0 Å². The van der Waals surface area contributed by atoms with Crippen LogP contribution in [-0.2, 0) is 4.79 Å². The van der Waals surface area contributed by atoms with E-state index in [-0.39, 0.29) is 36.1 Å². The van der Waals surface area contributed by atoms with Crippen LogP contribution in [0.4, 0.5) is 4.79 Å². The predicted octanol–water partition coefficient (Wildman–Crippen LogP) is 1.14. The highest BCUT2D eigenvalue weighted by molar-refractivity contribution is 5.79. The first-order valence-electron chi connectivity index (χ1n) is 7.97. The molecule has 2 N–H and O–H groups in total. The first kappa shape index (κ1) is 14.6. The number of carbonyl (C=O) groups is 2. The normalized spacial score (nSPS) is 34.3. The minimum atomic E-state index is -0.771. The third kappa shape index (κ3) is 2.50. The molecule has 21 heavy (non-hydrogen) atoms. The Morgan fingerprint density at radius 1 is 1.14 bits per heavy atom. The monoisotopic (exact) mass is 296 g/mol. The van der Waals surface area contributed by atoms with Gasteiger partial charge in [0.25, 0.3) is 0 Å². The summed E-state index contributed by atoms with van der Waals surface area (Å²) in [5, 5.41) is 18.9. The van der Waals surface area contributed by atoms with Gasteiger partial charge in [0.1, 0.15) is 0 Å². The second-order valence-corrected chi connectivity index (χ2v) is 6.73. The lowest BCUT2D eigenvalue weighted by molar-refractivity contribution is -0.142. The number of piperidine rings is 1. The summed E-state index contributed by atoms with van der Waals surface area (Å²) in [7, 11) is 0. The number of aliphatic hydroxyl groups is 1. The van der Waals surface area contributed by atoms with Crippen LogP contribution >= 0.6 is 0 Å². The van der Waals surface area contributed by atoms with E-state index in [0.29, 0.717) is 19.5 Å². The summed E-state index contributed by atoms with van der Waals surface area (Å²) >= 11 is 0. The molecule has 0 aromatic rings. The van der Waals surface area contributed by atoms with E-state index >= 15 is 0 Å². The minimum absolute atomic E-state index is 0.00953. The molecule has 4 atom stereocenters. The maximum Gasteiger partial charge on any atom is 0.320 e. The summed E-state index contributed by atoms with van der Waals surface area (Å²) in [5.41, 5.74) is 0. The number of carboxylic acids is 1. The number of aliphatic hydroxyl groups excluding tert-OH is 1. The van der Waals surface area contributed by atoms with E-state index in [9.17, 15) is 19.8 Å². The highest BCUT2D eigenvalue weighted by atomic mass is 16.4. The standard InChI is InChI=1S/C15H24N2O4/c1-9(18)10-4-6-16(7-5-10)15(21)17-11-2-3-13(17)12(8-11)14(19)20/h9-13,18H,2-8H2,1H3,(H,19,20). The van der Waals surface area contributed by atoms with Crippen molar-refractivity contribution in [1.29, 1.82) is 0 Å². The summed E-state index contributed by atoms with van der Waals surface area (Å²) in [6.07, 6.45) is 3.70. The van der Waals surface area contributed by atoms with Gasteiger partial charge in [0.05, 0.1) is 12.0 Å². The van der Waals surface area contributed by atoms with Gasteiger partial charge in [-0.3, -0.25) is 4.79 Å². The van der Waals surface area contributed by atoms with Crippen molar-refractivity contribution in [3.8, 4) is 0 Å². The molecule has 3 fully saturated rings. The fourth-order valence-corrected chi connectivity index (χ4v) is 4.29. The van der Waals surface area contributed by atoms with Gasteiger partial charge >= 0.3 is 12.0 Å². The zero-order valence-corrected chi connectivity index (χ0v) is 12.4. The molecule has 0 radical (unpaired) electrons. The number of likely N-dealkylation sites (tertiary alicyclic amines) is 1. The van der Waals surface area contributed by atoms with Gasteiger partial charge in [-0.2, -0.15) is 0 Å². The summed E-state index contributed by atoms with van der Waals surface area (Å²) in [4.78, 5) is 27.7. The molecule has 0 saturated carbocycles. The topological polar surface area (TPSA) is 81.1 Å². The lowest BCUT2D eigenvalue weighted by Crippen LogP contribution is -2.50. The summed E-state index contributed by atoms with van der Waals surface area (Å²) in [5.74, 6) is -0.883. The Morgan fingerprint density at radius 2 is 1.81 bits per heavy atom. The molecule has 118 valence electrons. The van der Waals surface area contributed by atoms with Crippen molar-refractivity contribution < 1.29 is 19.8 Å². The molecule has 6 nitrogen and oxygen atoms in total. The Bertz CT molecular complexity index is 431. The number of urea groups is 1. The van der Waals surface area contributed by atoms with Crippen molar-refractivity contribution in [1.82, 2.24) is 9.80 Å².